The van der Waals surface area contributed by atoms with Gasteiger partial charge in [0.25, 0.3) is 5.91 Å². The number of halogens is 3. The predicted molar refractivity (Wildman–Crippen MR) is 71.2 cm³/mol. The van der Waals surface area contributed by atoms with E-state index < -0.39 is 17.6 Å². The number of hydrazone groups is 1. The van der Waals surface area contributed by atoms with Gasteiger partial charge in [-0.25, -0.2) is 0 Å². The van der Waals surface area contributed by atoms with E-state index in [1.807, 2.05) is 6.92 Å². The average Bonchev–Trinajstić information content (AvgIpc) is 2.85. The Morgan fingerprint density at radius 2 is 2.05 bits per heavy atom. The van der Waals surface area contributed by atoms with Gasteiger partial charge in [0.1, 0.15) is 0 Å². The molecule has 0 spiro atoms. The minimum absolute atomic E-state index is 0.109. The van der Waals surface area contributed by atoms with E-state index in [1.165, 1.54) is 11.8 Å². The molecule has 1 atom stereocenters. The highest BCUT2D eigenvalue weighted by molar-refractivity contribution is 8.14. The SMILES string of the molecule is CCC1NN=C(NC(=O)c2ccc(C(F)(F)F)cc2)S1. The van der Waals surface area contributed by atoms with E-state index in [0.717, 1.165) is 30.7 Å². The molecule has 0 aliphatic carbocycles. The van der Waals surface area contributed by atoms with Crippen molar-refractivity contribution < 1.29 is 18.0 Å². The number of amides is 1. The van der Waals surface area contributed by atoms with Crippen molar-refractivity contribution >= 4 is 22.8 Å². The first-order valence-electron chi connectivity index (χ1n) is 5.88. The number of hydrogen-bond acceptors (Lipinski definition) is 4. The molecule has 1 aliphatic rings. The zero-order valence-corrected chi connectivity index (χ0v) is 11.3. The second kappa shape index (κ2) is 5.74. The number of thioether (sulfide) groups is 1. The number of carbonyl (C=O) groups is 1. The van der Waals surface area contributed by atoms with Gasteiger partial charge in [-0.3, -0.25) is 15.5 Å². The lowest BCUT2D eigenvalue weighted by atomic mass is 10.1. The zero-order chi connectivity index (χ0) is 14.8. The Morgan fingerprint density at radius 1 is 1.40 bits per heavy atom. The Morgan fingerprint density at radius 3 is 2.55 bits per heavy atom. The van der Waals surface area contributed by atoms with E-state index in [4.69, 9.17) is 0 Å². The second-order valence-corrected chi connectivity index (χ2v) is 5.28. The van der Waals surface area contributed by atoms with Crippen molar-refractivity contribution in [1.82, 2.24) is 10.7 Å². The molecule has 1 aromatic carbocycles. The number of nitrogens with zero attached hydrogens (tertiary/aromatic N) is 1. The van der Waals surface area contributed by atoms with Gasteiger partial charge < -0.3 is 0 Å². The summed E-state index contributed by atoms with van der Waals surface area (Å²) >= 11 is 1.37. The molecule has 2 rings (SSSR count). The van der Waals surface area contributed by atoms with Gasteiger partial charge in [-0.15, -0.1) is 0 Å². The number of hydrogen-bond donors (Lipinski definition) is 2. The van der Waals surface area contributed by atoms with Crippen LogP contribution >= 0.6 is 11.8 Å². The highest BCUT2D eigenvalue weighted by atomic mass is 32.2. The average molecular weight is 303 g/mol. The van der Waals surface area contributed by atoms with Gasteiger partial charge in [0.2, 0.25) is 0 Å². The molecule has 0 radical (unpaired) electrons. The minimum atomic E-state index is -4.40. The number of rotatable bonds is 2. The summed E-state index contributed by atoms with van der Waals surface area (Å²) in [5, 5.41) is 7.00. The summed E-state index contributed by atoms with van der Waals surface area (Å²) < 4.78 is 37.2. The highest BCUT2D eigenvalue weighted by Gasteiger charge is 2.30. The van der Waals surface area contributed by atoms with Crippen LogP contribution in [0.25, 0.3) is 0 Å². The van der Waals surface area contributed by atoms with Gasteiger partial charge in [-0.1, -0.05) is 18.7 Å². The van der Waals surface area contributed by atoms with Crippen molar-refractivity contribution in [2.24, 2.45) is 5.10 Å². The normalized spacial score (nSPS) is 18.4. The monoisotopic (exact) mass is 303 g/mol. The first kappa shape index (κ1) is 14.7. The standard InChI is InChI=1S/C12H12F3N3OS/c1-2-9-17-18-11(20-9)16-10(19)7-3-5-8(6-4-7)12(13,14)15/h3-6,9,17H,2H2,1H3,(H,16,18,19). The summed E-state index contributed by atoms with van der Waals surface area (Å²) in [5.41, 5.74) is 2.20. The Labute approximate surface area is 117 Å². The van der Waals surface area contributed by atoms with Crippen LogP contribution in [-0.4, -0.2) is 16.4 Å². The fraction of sp³-hybridized carbons (Fsp3) is 0.333. The van der Waals surface area contributed by atoms with E-state index in [9.17, 15) is 18.0 Å². The van der Waals surface area contributed by atoms with E-state index >= 15 is 0 Å². The Bertz CT molecular complexity index is 528. The number of nitrogens with one attached hydrogen (secondary N) is 2. The van der Waals surface area contributed by atoms with E-state index in [-0.39, 0.29) is 10.9 Å². The second-order valence-electron chi connectivity index (χ2n) is 4.09. The van der Waals surface area contributed by atoms with Crippen LogP contribution in [0.5, 0.6) is 0 Å². The molecular formula is C12H12F3N3OS. The van der Waals surface area contributed by atoms with Crippen molar-refractivity contribution in [2.75, 3.05) is 0 Å². The van der Waals surface area contributed by atoms with Crippen molar-refractivity contribution in [3.8, 4) is 0 Å². The third kappa shape index (κ3) is 3.44. The highest BCUT2D eigenvalue weighted by Crippen LogP contribution is 2.29. The van der Waals surface area contributed by atoms with Gasteiger partial charge in [-0.05, 0) is 30.7 Å². The summed E-state index contributed by atoms with van der Waals surface area (Å²) in [7, 11) is 0. The molecule has 0 fully saturated rings. The molecule has 20 heavy (non-hydrogen) atoms. The maximum Gasteiger partial charge on any atom is 0.416 e. The Hall–Kier alpha value is -1.70. The number of carbonyl (C=O) groups excluding carboxylic acids is 1. The van der Waals surface area contributed by atoms with Gasteiger partial charge in [-0.2, -0.15) is 18.3 Å². The third-order valence-electron chi connectivity index (χ3n) is 2.63. The molecule has 8 heteroatoms. The van der Waals surface area contributed by atoms with Crippen LogP contribution in [0.15, 0.2) is 29.4 Å². The first-order valence-corrected chi connectivity index (χ1v) is 6.76. The first-order chi connectivity index (χ1) is 9.40. The van der Waals surface area contributed by atoms with E-state index in [2.05, 4.69) is 15.8 Å². The number of alkyl halides is 3. The maximum absolute atomic E-state index is 12.4. The minimum Gasteiger partial charge on any atom is -0.300 e. The summed E-state index contributed by atoms with van der Waals surface area (Å²) in [6, 6.07) is 4.04. The van der Waals surface area contributed by atoms with Gasteiger partial charge in [0.15, 0.2) is 5.17 Å². The maximum atomic E-state index is 12.4. The molecule has 0 saturated carbocycles. The molecule has 4 nitrogen and oxygen atoms in total. The van der Waals surface area contributed by atoms with Crippen molar-refractivity contribution in [2.45, 2.75) is 24.9 Å². The molecule has 0 bridgehead atoms. The van der Waals surface area contributed by atoms with Crippen LogP contribution in [0.2, 0.25) is 0 Å². The van der Waals surface area contributed by atoms with Crippen LogP contribution in [0.4, 0.5) is 13.2 Å². The Kier molecular flexibility index (Phi) is 4.22. The molecule has 1 aliphatic heterocycles. The molecule has 0 saturated heterocycles. The molecule has 0 aromatic heterocycles. The molecule has 1 heterocycles. The smallest absolute Gasteiger partial charge is 0.300 e. The van der Waals surface area contributed by atoms with Crippen LogP contribution in [0, 0.1) is 0 Å². The molecule has 1 amide bonds. The zero-order valence-electron chi connectivity index (χ0n) is 10.5. The van der Waals surface area contributed by atoms with Crippen molar-refractivity contribution in [3.63, 3.8) is 0 Å². The third-order valence-corrected chi connectivity index (χ3v) is 3.77. The van der Waals surface area contributed by atoms with Gasteiger partial charge in [0, 0.05) is 5.56 Å². The lowest BCUT2D eigenvalue weighted by Gasteiger charge is -2.08. The fourth-order valence-corrected chi connectivity index (χ4v) is 2.33. The van der Waals surface area contributed by atoms with Crippen molar-refractivity contribution in [1.29, 1.82) is 0 Å². The summed E-state index contributed by atoms with van der Waals surface area (Å²) in [4.78, 5) is 11.8. The molecular weight excluding hydrogens is 291 g/mol. The number of benzene rings is 1. The summed E-state index contributed by atoms with van der Waals surface area (Å²) in [6.45, 7) is 1.97. The van der Waals surface area contributed by atoms with Crippen LogP contribution in [0.1, 0.15) is 29.3 Å². The van der Waals surface area contributed by atoms with Crippen molar-refractivity contribution in [3.05, 3.63) is 35.4 Å². The summed E-state index contributed by atoms with van der Waals surface area (Å²) in [6.07, 6.45) is -3.56. The quantitative estimate of drug-likeness (QED) is 0.883. The molecule has 108 valence electrons. The molecule has 2 N–H and O–H groups in total. The lowest BCUT2D eigenvalue weighted by Crippen LogP contribution is -2.27. The molecule has 1 aromatic rings. The van der Waals surface area contributed by atoms with Gasteiger partial charge in [0.05, 0.1) is 10.9 Å². The van der Waals surface area contributed by atoms with Gasteiger partial charge >= 0.3 is 6.18 Å². The van der Waals surface area contributed by atoms with E-state index in [0.29, 0.717) is 5.17 Å². The molecule has 1 unspecified atom stereocenters. The predicted octanol–water partition coefficient (Wildman–Crippen LogP) is 2.78. The topological polar surface area (TPSA) is 53.5 Å². The lowest BCUT2D eigenvalue weighted by molar-refractivity contribution is -0.137. The number of amidine groups is 1. The van der Waals surface area contributed by atoms with Crippen LogP contribution < -0.4 is 10.7 Å². The summed E-state index contributed by atoms with van der Waals surface area (Å²) in [5.74, 6) is -0.483. The van der Waals surface area contributed by atoms with E-state index in [1.54, 1.807) is 0 Å². The largest absolute Gasteiger partial charge is 0.416 e. The fourth-order valence-electron chi connectivity index (χ4n) is 1.53. The Balaban J connectivity index is 2.00. The van der Waals surface area contributed by atoms with Crippen LogP contribution in [0.3, 0.4) is 0 Å². The van der Waals surface area contributed by atoms with Crippen LogP contribution in [-0.2, 0) is 6.18 Å².